The zero-order valence-corrected chi connectivity index (χ0v) is 20.4. The van der Waals surface area contributed by atoms with Crippen molar-refractivity contribution in [3.05, 3.63) is 79.0 Å². The number of hydrogen-bond donors (Lipinski definition) is 2. The van der Waals surface area contributed by atoms with Crippen LogP contribution in [-0.2, 0) is 0 Å². The minimum atomic E-state index is -4.57. The molecule has 1 saturated carbocycles. The third-order valence-electron chi connectivity index (χ3n) is 6.44. The molecule has 2 heterocycles. The first-order chi connectivity index (χ1) is 16.7. The number of nitrogens with zero attached hydrogens (tertiary/aromatic N) is 2. The first-order valence-electron chi connectivity index (χ1n) is 12.0. The molecule has 1 saturated heterocycles. The number of benzene rings is 1. The molecule has 4 rings (SSSR count). The molecule has 2 aliphatic rings. The van der Waals surface area contributed by atoms with E-state index in [1.165, 1.54) is 6.08 Å². The predicted molar refractivity (Wildman–Crippen MR) is 140 cm³/mol. The van der Waals surface area contributed by atoms with Gasteiger partial charge in [-0.3, -0.25) is 0 Å². The van der Waals surface area contributed by atoms with Crippen LogP contribution in [-0.4, -0.2) is 48.3 Å². The third-order valence-corrected chi connectivity index (χ3v) is 6.44. The third kappa shape index (κ3) is 7.46. The van der Waals surface area contributed by atoms with Crippen molar-refractivity contribution in [2.45, 2.75) is 50.4 Å². The van der Waals surface area contributed by atoms with Crippen LogP contribution >= 0.6 is 0 Å². The molecule has 2 N–H and O–H groups in total. The monoisotopic (exact) mass is 484 g/mol. The van der Waals surface area contributed by atoms with Gasteiger partial charge in [0.25, 0.3) is 0 Å². The molecule has 4 nitrogen and oxygen atoms in total. The second kappa shape index (κ2) is 12.1. The van der Waals surface area contributed by atoms with Crippen molar-refractivity contribution in [1.29, 1.82) is 0 Å². The molecule has 35 heavy (non-hydrogen) atoms. The number of anilines is 1. The molecule has 0 radical (unpaired) electrons. The molecule has 0 atom stereocenters. The van der Waals surface area contributed by atoms with E-state index in [1.807, 2.05) is 36.4 Å². The Morgan fingerprint density at radius 1 is 1.00 bits per heavy atom. The Hall–Kier alpha value is -3.06. The van der Waals surface area contributed by atoms with Crippen molar-refractivity contribution in [1.82, 2.24) is 15.2 Å². The number of aromatic nitrogens is 1. The lowest BCUT2D eigenvalue weighted by atomic mass is 9.93. The molecular formula is C28H35F3N4. The molecule has 1 aliphatic heterocycles. The lowest BCUT2D eigenvalue weighted by Gasteiger charge is -2.31. The molecule has 0 bridgehead atoms. The first-order valence-corrected chi connectivity index (χ1v) is 12.0. The minimum absolute atomic E-state index is 0.196. The second-order valence-electron chi connectivity index (χ2n) is 9.13. The summed E-state index contributed by atoms with van der Waals surface area (Å²) >= 11 is 0. The normalized spacial score (nSPS) is 16.9. The van der Waals surface area contributed by atoms with Gasteiger partial charge in [0.15, 0.2) is 0 Å². The number of pyridine rings is 1. The average Bonchev–Trinajstić information content (AvgIpc) is 2.82. The van der Waals surface area contributed by atoms with Gasteiger partial charge in [-0.05, 0) is 58.3 Å². The van der Waals surface area contributed by atoms with Crippen LogP contribution in [0.15, 0.2) is 62.2 Å². The summed E-state index contributed by atoms with van der Waals surface area (Å²) in [6.45, 7) is 13.1. The Morgan fingerprint density at radius 2 is 1.57 bits per heavy atom. The van der Waals surface area contributed by atoms with Gasteiger partial charge in [0.05, 0.1) is 11.3 Å². The number of nitrogens with one attached hydrogen (secondary N) is 2. The number of halogens is 3. The Bertz CT molecular complexity index is 978. The molecule has 188 valence electrons. The van der Waals surface area contributed by atoms with Gasteiger partial charge >= 0.3 is 6.18 Å². The Morgan fingerprint density at radius 3 is 2.03 bits per heavy atom. The number of hydrogen-bond acceptors (Lipinski definition) is 4. The van der Waals surface area contributed by atoms with Crippen molar-refractivity contribution < 1.29 is 13.2 Å². The lowest BCUT2D eigenvalue weighted by molar-refractivity contribution is -0.0689. The summed E-state index contributed by atoms with van der Waals surface area (Å²) in [5.41, 5.74) is 0.300. The van der Waals surface area contributed by atoms with Gasteiger partial charge in [0.1, 0.15) is 5.82 Å². The van der Waals surface area contributed by atoms with Gasteiger partial charge in [-0.2, -0.15) is 13.2 Å². The van der Waals surface area contributed by atoms with Crippen molar-refractivity contribution in [3.8, 4) is 0 Å². The maximum Gasteiger partial charge on any atom is 0.417 e. The Labute approximate surface area is 206 Å². The summed E-state index contributed by atoms with van der Waals surface area (Å²) in [5, 5.41) is 6.66. The molecule has 1 aromatic carbocycles. The number of alkyl halides is 3. The molecule has 7 heteroatoms. The summed E-state index contributed by atoms with van der Waals surface area (Å²) in [6.07, 6.45) is 1.85. The van der Waals surface area contributed by atoms with Gasteiger partial charge in [-0.15, -0.1) is 0 Å². The van der Waals surface area contributed by atoms with Crippen molar-refractivity contribution in [3.63, 3.8) is 0 Å². The predicted octanol–water partition coefficient (Wildman–Crippen LogP) is 6.61. The van der Waals surface area contributed by atoms with Crippen molar-refractivity contribution in [2.24, 2.45) is 0 Å². The standard InChI is InChI=1S/C22H29F3N4.C6H6/c1-5-18-19(15(3)26-17-9-11-29(4)12-10-17)13-20(27-16-7-6-8-16)28-21(18)14(2)22(23,24)25;1-2-4-6-5-3-1/h5,13,16-17,26H,1-3,6-12H2,4H3,(H,27,28);1-6H. The molecule has 0 spiro atoms. The highest BCUT2D eigenvalue weighted by Gasteiger charge is 2.36. The van der Waals surface area contributed by atoms with E-state index in [1.54, 1.807) is 6.07 Å². The Kier molecular flexibility index (Phi) is 9.15. The lowest BCUT2D eigenvalue weighted by Crippen LogP contribution is -2.40. The molecule has 1 aromatic heterocycles. The fourth-order valence-electron chi connectivity index (χ4n) is 4.07. The average molecular weight is 485 g/mol. The van der Waals surface area contributed by atoms with E-state index in [2.05, 4.69) is 47.3 Å². The van der Waals surface area contributed by atoms with E-state index >= 15 is 0 Å². The fraction of sp³-hybridized carbons (Fsp3) is 0.393. The molecular weight excluding hydrogens is 449 g/mol. The van der Waals surface area contributed by atoms with Crippen LogP contribution in [0, 0.1) is 0 Å². The molecule has 2 fully saturated rings. The van der Waals surface area contributed by atoms with Crippen LogP contribution in [0.4, 0.5) is 19.0 Å². The minimum Gasteiger partial charge on any atom is -0.382 e. The van der Waals surface area contributed by atoms with Crippen LogP contribution in [0.1, 0.15) is 48.9 Å². The topological polar surface area (TPSA) is 40.2 Å². The van der Waals surface area contributed by atoms with Crippen LogP contribution in [0.3, 0.4) is 0 Å². The molecule has 0 unspecified atom stereocenters. The van der Waals surface area contributed by atoms with E-state index in [9.17, 15) is 13.2 Å². The van der Waals surface area contributed by atoms with Gasteiger partial charge in [-0.1, -0.05) is 62.2 Å². The quantitative estimate of drug-likeness (QED) is 0.464. The van der Waals surface area contributed by atoms with Crippen LogP contribution < -0.4 is 10.6 Å². The first kappa shape index (κ1) is 26.5. The highest BCUT2D eigenvalue weighted by atomic mass is 19.4. The highest BCUT2D eigenvalue weighted by Crippen LogP contribution is 2.37. The molecule has 0 amide bonds. The SMILES string of the molecule is C=Cc1c(C(=C)NC2CCN(C)CC2)cc(NC2CCC2)nc1C(=C)C(F)(F)F.c1ccccc1. The number of piperidine rings is 1. The second-order valence-corrected chi connectivity index (χ2v) is 9.13. The number of allylic oxidation sites excluding steroid dienone is 1. The van der Waals surface area contributed by atoms with Gasteiger partial charge in [-0.25, -0.2) is 4.98 Å². The summed E-state index contributed by atoms with van der Waals surface area (Å²) < 4.78 is 40.3. The highest BCUT2D eigenvalue weighted by molar-refractivity contribution is 5.82. The van der Waals surface area contributed by atoms with Gasteiger partial charge in [0.2, 0.25) is 0 Å². The summed E-state index contributed by atoms with van der Waals surface area (Å²) in [7, 11) is 2.08. The smallest absolute Gasteiger partial charge is 0.382 e. The van der Waals surface area contributed by atoms with E-state index in [0.717, 1.165) is 45.2 Å². The zero-order chi connectivity index (χ0) is 25.4. The summed E-state index contributed by atoms with van der Waals surface area (Å²) in [6, 6.07) is 14.3. The number of rotatable bonds is 7. The van der Waals surface area contributed by atoms with Gasteiger partial charge in [0, 0.05) is 28.9 Å². The fourth-order valence-corrected chi connectivity index (χ4v) is 4.07. The summed E-state index contributed by atoms with van der Waals surface area (Å²) in [5.74, 6) is 0.419. The van der Waals surface area contributed by atoms with E-state index < -0.39 is 11.7 Å². The van der Waals surface area contributed by atoms with Crippen molar-refractivity contribution in [2.75, 3.05) is 25.5 Å². The largest absolute Gasteiger partial charge is 0.417 e. The van der Waals surface area contributed by atoms with Crippen LogP contribution in [0.5, 0.6) is 0 Å². The maximum absolute atomic E-state index is 13.4. The molecule has 2 aromatic rings. The van der Waals surface area contributed by atoms with E-state index in [4.69, 9.17) is 0 Å². The zero-order valence-electron chi connectivity index (χ0n) is 20.4. The van der Waals surface area contributed by atoms with Crippen molar-refractivity contribution >= 4 is 23.2 Å². The van der Waals surface area contributed by atoms with E-state index in [0.29, 0.717) is 22.6 Å². The van der Waals surface area contributed by atoms with Gasteiger partial charge < -0.3 is 15.5 Å². The maximum atomic E-state index is 13.4. The van der Waals surface area contributed by atoms with E-state index in [-0.39, 0.29) is 17.8 Å². The van der Waals surface area contributed by atoms with Crippen LogP contribution in [0.2, 0.25) is 0 Å². The van der Waals surface area contributed by atoms with Crippen LogP contribution in [0.25, 0.3) is 17.3 Å². The molecule has 1 aliphatic carbocycles. The summed E-state index contributed by atoms with van der Waals surface area (Å²) in [4.78, 5) is 6.51. The number of likely N-dealkylation sites (tertiary alicyclic amines) is 1. The Balaban J connectivity index is 0.000000497.